The Balaban J connectivity index is 3.15. The Bertz CT molecular complexity index is 751. The molecule has 1 aromatic rings. The molecular formula is C16H23N3O4S2. The Kier molecular flexibility index (Phi) is 8.50. The van der Waals surface area contributed by atoms with E-state index in [1.54, 1.807) is 24.1 Å². The third-order valence-corrected chi connectivity index (χ3v) is 4.53. The third kappa shape index (κ3) is 5.79. The molecular weight excluding hydrogens is 362 g/mol. The smallest absolute Gasteiger partial charge is 0.316 e. The zero-order chi connectivity index (χ0) is 19.0. The van der Waals surface area contributed by atoms with Crippen LogP contribution in [-0.2, 0) is 21.7 Å². The lowest BCUT2D eigenvalue weighted by molar-refractivity contribution is -0.128. The number of carbonyl (C=O) groups is 1. The number of nitrogens with one attached hydrogen (secondary N) is 1. The van der Waals surface area contributed by atoms with Gasteiger partial charge in [-0.05, 0) is 42.8 Å². The van der Waals surface area contributed by atoms with E-state index in [1.807, 2.05) is 13.8 Å². The van der Waals surface area contributed by atoms with Crippen LogP contribution in [0, 0.1) is 0 Å². The Morgan fingerprint density at radius 2 is 2.00 bits per heavy atom. The summed E-state index contributed by atoms with van der Waals surface area (Å²) in [5.41, 5.74) is 0.788. The Morgan fingerprint density at radius 3 is 2.48 bits per heavy atom. The van der Waals surface area contributed by atoms with Gasteiger partial charge in [0, 0.05) is 13.1 Å². The number of hydrogen-bond acceptors (Lipinski definition) is 6. The zero-order valence-electron chi connectivity index (χ0n) is 14.8. The van der Waals surface area contributed by atoms with E-state index in [0.717, 1.165) is 12.8 Å². The second-order valence-corrected chi connectivity index (χ2v) is 6.28. The second-order valence-electron chi connectivity index (χ2n) is 5.28. The van der Waals surface area contributed by atoms with Gasteiger partial charge in [0.15, 0.2) is 5.11 Å². The molecule has 0 bridgehead atoms. The number of rotatable bonds is 7. The molecule has 0 aliphatic heterocycles. The summed E-state index contributed by atoms with van der Waals surface area (Å²) >= 11 is 5.27. The standard InChI is InChI=1S/C16H23N3O4S2/c1-5-12(6-2)19(16(24)17-3)15(20)10-11-7-8-14(23-4)13(9-11)18-25(21)22/h7-9,12H,5-6,10H2,1-4H3,(H,17,24). The number of benzene rings is 1. The quantitative estimate of drug-likeness (QED) is 0.726. The summed E-state index contributed by atoms with van der Waals surface area (Å²) in [4.78, 5) is 14.4. The average molecular weight is 386 g/mol. The van der Waals surface area contributed by atoms with Crippen molar-refractivity contribution in [2.75, 3.05) is 14.2 Å². The van der Waals surface area contributed by atoms with Crippen molar-refractivity contribution in [2.45, 2.75) is 39.2 Å². The highest BCUT2D eigenvalue weighted by molar-refractivity contribution is 7.80. The van der Waals surface area contributed by atoms with Crippen LogP contribution in [0.1, 0.15) is 32.3 Å². The van der Waals surface area contributed by atoms with Crippen LogP contribution in [0.15, 0.2) is 22.6 Å². The Morgan fingerprint density at radius 1 is 1.36 bits per heavy atom. The summed E-state index contributed by atoms with van der Waals surface area (Å²) in [6.45, 7) is 4.00. The SMILES string of the molecule is CCC(CC)N(C(=O)Cc1ccc(OC)c(N=S(=O)=O)c1)C(=S)NC. The summed E-state index contributed by atoms with van der Waals surface area (Å²) in [5.74, 6) is 0.162. The van der Waals surface area contributed by atoms with Crippen molar-refractivity contribution >= 4 is 39.4 Å². The van der Waals surface area contributed by atoms with Crippen LogP contribution < -0.4 is 10.1 Å². The van der Waals surface area contributed by atoms with Gasteiger partial charge in [-0.15, -0.1) is 4.36 Å². The van der Waals surface area contributed by atoms with Gasteiger partial charge < -0.3 is 10.1 Å². The van der Waals surface area contributed by atoms with Crippen molar-refractivity contribution in [2.24, 2.45) is 4.36 Å². The molecule has 0 heterocycles. The van der Waals surface area contributed by atoms with Gasteiger partial charge in [0.25, 0.3) is 0 Å². The van der Waals surface area contributed by atoms with Crippen molar-refractivity contribution in [3.05, 3.63) is 23.8 Å². The third-order valence-electron chi connectivity index (χ3n) is 3.78. The number of nitrogens with zero attached hydrogens (tertiary/aromatic N) is 2. The molecule has 9 heteroatoms. The summed E-state index contributed by atoms with van der Waals surface area (Å²) < 4.78 is 30.3. The number of thiocarbonyl (C=S) groups is 1. The number of hydrogen-bond donors (Lipinski definition) is 1. The maximum Gasteiger partial charge on any atom is 0.316 e. The predicted molar refractivity (Wildman–Crippen MR) is 101 cm³/mol. The minimum Gasteiger partial charge on any atom is -0.494 e. The van der Waals surface area contributed by atoms with Crippen LogP contribution in [0.4, 0.5) is 5.69 Å². The maximum absolute atomic E-state index is 12.8. The molecule has 1 aromatic carbocycles. The summed E-state index contributed by atoms with van der Waals surface area (Å²) in [6.07, 6.45) is 1.64. The zero-order valence-corrected chi connectivity index (χ0v) is 16.4. The minimum atomic E-state index is -2.61. The molecule has 0 aromatic heterocycles. The molecule has 0 spiro atoms. The van der Waals surface area contributed by atoms with Gasteiger partial charge in [-0.2, -0.15) is 8.42 Å². The van der Waals surface area contributed by atoms with Gasteiger partial charge in [0.05, 0.1) is 13.5 Å². The first-order chi connectivity index (χ1) is 11.9. The molecule has 0 atom stereocenters. The first-order valence-electron chi connectivity index (χ1n) is 7.89. The molecule has 7 nitrogen and oxygen atoms in total. The molecule has 0 saturated heterocycles. The average Bonchev–Trinajstić information content (AvgIpc) is 2.58. The number of amides is 1. The van der Waals surface area contributed by atoms with E-state index in [4.69, 9.17) is 17.0 Å². The fraction of sp³-hybridized carbons (Fsp3) is 0.500. The maximum atomic E-state index is 12.8. The first kappa shape index (κ1) is 21.0. The molecule has 1 N–H and O–H groups in total. The molecule has 0 aliphatic carbocycles. The highest BCUT2D eigenvalue weighted by atomic mass is 32.2. The van der Waals surface area contributed by atoms with Gasteiger partial charge in [-0.25, -0.2) is 0 Å². The van der Waals surface area contributed by atoms with E-state index in [1.165, 1.54) is 13.2 Å². The van der Waals surface area contributed by atoms with E-state index in [-0.39, 0.29) is 24.1 Å². The molecule has 0 fully saturated rings. The second kappa shape index (κ2) is 10.1. The van der Waals surface area contributed by atoms with Gasteiger partial charge in [-0.3, -0.25) is 9.69 Å². The van der Waals surface area contributed by atoms with Gasteiger partial charge in [-0.1, -0.05) is 19.9 Å². The van der Waals surface area contributed by atoms with Crippen molar-refractivity contribution in [3.8, 4) is 5.75 Å². The van der Waals surface area contributed by atoms with Crippen LogP contribution in [0.5, 0.6) is 5.75 Å². The van der Waals surface area contributed by atoms with Gasteiger partial charge in [0.2, 0.25) is 5.91 Å². The molecule has 0 unspecified atom stereocenters. The molecule has 25 heavy (non-hydrogen) atoms. The van der Waals surface area contributed by atoms with Crippen LogP contribution >= 0.6 is 12.2 Å². The van der Waals surface area contributed by atoms with E-state index in [0.29, 0.717) is 16.4 Å². The van der Waals surface area contributed by atoms with Crippen molar-refractivity contribution < 1.29 is 17.9 Å². The van der Waals surface area contributed by atoms with Crippen LogP contribution in [-0.4, -0.2) is 44.5 Å². The van der Waals surface area contributed by atoms with Gasteiger partial charge >= 0.3 is 10.5 Å². The van der Waals surface area contributed by atoms with E-state index in [2.05, 4.69) is 9.68 Å². The monoisotopic (exact) mass is 385 g/mol. The summed E-state index contributed by atoms with van der Waals surface area (Å²) in [5, 5.41) is 3.23. The van der Waals surface area contributed by atoms with Crippen LogP contribution in [0.2, 0.25) is 0 Å². The molecule has 1 amide bonds. The van der Waals surface area contributed by atoms with Crippen LogP contribution in [0.3, 0.4) is 0 Å². The van der Waals surface area contributed by atoms with E-state index >= 15 is 0 Å². The normalized spacial score (nSPS) is 10.3. The van der Waals surface area contributed by atoms with Crippen molar-refractivity contribution in [3.63, 3.8) is 0 Å². The molecule has 138 valence electrons. The number of methoxy groups -OCH3 is 1. The number of ether oxygens (including phenoxy) is 1. The lowest BCUT2D eigenvalue weighted by Gasteiger charge is -2.30. The summed E-state index contributed by atoms with van der Waals surface area (Å²) in [7, 11) is 0.495. The fourth-order valence-electron chi connectivity index (χ4n) is 2.51. The minimum absolute atomic E-state index is 0.00371. The number of carbonyl (C=O) groups excluding carboxylic acids is 1. The van der Waals surface area contributed by atoms with Crippen LogP contribution in [0.25, 0.3) is 0 Å². The highest BCUT2D eigenvalue weighted by Gasteiger charge is 2.24. The highest BCUT2D eigenvalue weighted by Crippen LogP contribution is 2.28. The lowest BCUT2D eigenvalue weighted by Crippen LogP contribution is -2.48. The van der Waals surface area contributed by atoms with Gasteiger partial charge in [0.1, 0.15) is 11.4 Å². The van der Waals surface area contributed by atoms with Crippen molar-refractivity contribution in [1.29, 1.82) is 0 Å². The van der Waals surface area contributed by atoms with Crippen molar-refractivity contribution in [1.82, 2.24) is 10.2 Å². The predicted octanol–water partition coefficient (Wildman–Crippen LogP) is 2.45. The summed E-state index contributed by atoms with van der Waals surface area (Å²) in [6, 6.07) is 4.83. The molecule has 0 radical (unpaired) electrons. The van der Waals surface area contributed by atoms with E-state index < -0.39 is 10.5 Å². The topological polar surface area (TPSA) is 88.1 Å². The molecule has 1 rings (SSSR count). The Labute approximate surface area is 155 Å². The Hall–Kier alpha value is -2.00. The van der Waals surface area contributed by atoms with E-state index in [9.17, 15) is 13.2 Å². The largest absolute Gasteiger partial charge is 0.494 e. The molecule has 0 aliphatic rings. The fourth-order valence-corrected chi connectivity index (χ4v) is 3.07. The first-order valence-corrected chi connectivity index (χ1v) is 9.33. The molecule has 0 saturated carbocycles. The lowest BCUT2D eigenvalue weighted by atomic mass is 10.1.